The molecule has 0 unspecified atom stereocenters. The van der Waals surface area contributed by atoms with E-state index in [1.165, 1.54) is 13.0 Å². The quantitative estimate of drug-likeness (QED) is 0.828. The first-order valence-electron chi connectivity index (χ1n) is 4.89. The maximum Gasteiger partial charge on any atom is 0.340 e. The number of ether oxygens (including phenoxy) is 1. The van der Waals surface area contributed by atoms with Crippen LogP contribution in [0, 0.1) is 0 Å². The Balaban J connectivity index is 2.96. The van der Waals surface area contributed by atoms with Crippen LogP contribution >= 0.6 is 15.9 Å². The Kier molecular flexibility index (Phi) is 5.11. The van der Waals surface area contributed by atoms with Gasteiger partial charge in [0.05, 0.1) is 17.9 Å². The number of amides is 1. The molecule has 2 N–H and O–H groups in total. The van der Waals surface area contributed by atoms with E-state index in [-0.39, 0.29) is 24.7 Å². The largest absolute Gasteiger partial charge is 0.460 e. The van der Waals surface area contributed by atoms with Crippen LogP contribution in [0.1, 0.15) is 17.3 Å². The van der Waals surface area contributed by atoms with Crippen molar-refractivity contribution in [3.8, 4) is 0 Å². The Hall–Kier alpha value is -1.40. The van der Waals surface area contributed by atoms with E-state index in [1.807, 2.05) is 0 Å². The summed E-state index contributed by atoms with van der Waals surface area (Å²) in [4.78, 5) is 22.6. The van der Waals surface area contributed by atoms with Crippen LogP contribution in [-0.4, -0.2) is 30.2 Å². The molecule has 0 saturated heterocycles. The van der Waals surface area contributed by atoms with Crippen molar-refractivity contribution in [2.24, 2.45) is 0 Å². The van der Waals surface area contributed by atoms with Crippen LogP contribution in [0.25, 0.3) is 0 Å². The summed E-state index contributed by atoms with van der Waals surface area (Å²) in [6.45, 7) is 1.04. The number of hydrogen-bond acceptors (Lipinski definition) is 4. The van der Waals surface area contributed by atoms with Crippen molar-refractivity contribution >= 4 is 33.5 Å². The zero-order valence-corrected chi connectivity index (χ0v) is 10.8. The smallest absolute Gasteiger partial charge is 0.340 e. The minimum absolute atomic E-state index is 0.0750. The highest BCUT2D eigenvalue weighted by molar-refractivity contribution is 9.10. The van der Waals surface area contributed by atoms with Gasteiger partial charge < -0.3 is 15.2 Å². The van der Waals surface area contributed by atoms with Gasteiger partial charge in [0.1, 0.15) is 6.61 Å². The summed E-state index contributed by atoms with van der Waals surface area (Å²) in [5, 5.41) is 11.1. The molecule has 0 heterocycles. The van der Waals surface area contributed by atoms with E-state index in [0.717, 1.165) is 4.47 Å². The average Bonchev–Trinajstić information content (AvgIpc) is 2.25. The van der Waals surface area contributed by atoms with Gasteiger partial charge in [0.25, 0.3) is 0 Å². The van der Waals surface area contributed by atoms with E-state index >= 15 is 0 Å². The van der Waals surface area contributed by atoms with E-state index in [2.05, 4.69) is 21.2 Å². The number of hydrogen-bond donors (Lipinski definition) is 2. The maximum absolute atomic E-state index is 11.6. The number of aliphatic hydroxyl groups is 1. The highest BCUT2D eigenvalue weighted by atomic mass is 79.9. The van der Waals surface area contributed by atoms with E-state index in [1.54, 1.807) is 12.1 Å². The maximum atomic E-state index is 11.6. The molecule has 1 amide bonds. The van der Waals surface area contributed by atoms with Crippen LogP contribution in [0.5, 0.6) is 0 Å². The third-order valence-corrected chi connectivity index (χ3v) is 2.33. The summed E-state index contributed by atoms with van der Waals surface area (Å²) in [5.41, 5.74) is 0.617. The van der Waals surface area contributed by atoms with Gasteiger partial charge >= 0.3 is 5.97 Å². The molecule has 0 radical (unpaired) electrons. The molecule has 0 aromatic heterocycles. The highest BCUT2D eigenvalue weighted by Gasteiger charge is 2.13. The van der Waals surface area contributed by atoms with Gasteiger partial charge in [-0.2, -0.15) is 0 Å². The van der Waals surface area contributed by atoms with Crippen molar-refractivity contribution in [1.29, 1.82) is 0 Å². The lowest BCUT2D eigenvalue weighted by atomic mass is 10.2. The van der Waals surface area contributed by atoms with Gasteiger partial charge in [-0.05, 0) is 18.2 Å². The molecule has 0 aliphatic carbocycles. The number of benzene rings is 1. The SMILES string of the molecule is CC(=O)Nc1cc(Br)ccc1C(=O)OCCO. The number of rotatable bonds is 4. The number of nitrogens with one attached hydrogen (secondary N) is 1. The Labute approximate surface area is 107 Å². The van der Waals surface area contributed by atoms with Crippen molar-refractivity contribution in [1.82, 2.24) is 0 Å². The molecular formula is C11H12BrNO4. The molecule has 92 valence electrons. The van der Waals surface area contributed by atoms with Gasteiger partial charge in [0.2, 0.25) is 5.91 Å². The molecule has 17 heavy (non-hydrogen) atoms. The molecular weight excluding hydrogens is 290 g/mol. The topological polar surface area (TPSA) is 75.6 Å². The second-order valence-electron chi connectivity index (χ2n) is 3.23. The highest BCUT2D eigenvalue weighted by Crippen LogP contribution is 2.22. The zero-order valence-electron chi connectivity index (χ0n) is 9.20. The van der Waals surface area contributed by atoms with Crippen LogP contribution in [0.4, 0.5) is 5.69 Å². The van der Waals surface area contributed by atoms with E-state index in [9.17, 15) is 9.59 Å². The summed E-state index contributed by atoms with van der Waals surface area (Å²) < 4.78 is 5.52. The molecule has 0 saturated carbocycles. The van der Waals surface area contributed by atoms with Crippen LogP contribution in [0.3, 0.4) is 0 Å². The first-order chi connectivity index (χ1) is 8.04. The minimum atomic E-state index is -0.588. The molecule has 0 aliphatic rings. The predicted molar refractivity (Wildman–Crippen MR) is 65.8 cm³/mol. The summed E-state index contributed by atoms with van der Waals surface area (Å²) in [7, 11) is 0. The fourth-order valence-electron chi connectivity index (χ4n) is 1.20. The van der Waals surface area contributed by atoms with Crippen molar-refractivity contribution in [3.05, 3.63) is 28.2 Å². The lowest BCUT2D eigenvalue weighted by Crippen LogP contribution is -2.14. The van der Waals surface area contributed by atoms with E-state index in [0.29, 0.717) is 5.69 Å². The number of halogens is 1. The Morgan fingerprint density at radius 1 is 1.47 bits per heavy atom. The summed E-state index contributed by atoms with van der Waals surface area (Å²) in [6, 6.07) is 4.81. The van der Waals surface area contributed by atoms with Crippen molar-refractivity contribution in [2.45, 2.75) is 6.92 Å². The molecule has 1 aromatic carbocycles. The summed E-state index contributed by atoms with van der Waals surface area (Å²) >= 11 is 3.24. The molecule has 1 rings (SSSR count). The second-order valence-corrected chi connectivity index (χ2v) is 4.15. The fraction of sp³-hybridized carbons (Fsp3) is 0.273. The summed E-state index contributed by atoms with van der Waals surface area (Å²) in [5.74, 6) is -0.866. The van der Waals surface area contributed by atoms with Gasteiger partial charge in [0.15, 0.2) is 0 Å². The number of esters is 1. The van der Waals surface area contributed by atoms with Crippen molar-refractivity contribution < 1.29 is 19.4 Å². The van der Waals surface area contributed by atoms with Crippen LogP contribution in [-0.2, 0) is 9.53 Å². The molecule has 0 bridgehead atoms. The number of aliphatic hydroxyl groups excluding tert-OH is 1. The fourth-order valence-corrected chi connectivity index (χ4v) is 1.56. The second kappa shape index (κ2) is 6.36. The standard InChI is InChI=1S/C11H12BrNO4/c1-7(15)13-10-6-8(12)2-3-9(10)11(16)17-5-4-14/h2-3,6,14H,4-5H2,1H3,(H,13,15). The molecule has 0 aliphatic heterocycles. The molecule has 5 nitrogen and oxygen atoms in total. The first-order valence-corrected chi connectivity index (χ1v) is 5.69. The molecule has 0 fully saturated rings. The van der Waals surface area contributed by atoms with Crippen molar-refractivity contribution in [2.75, 3.05) is 18.5 Å². The number of carbonyl (C=O) groups is 2. The van der Waals surface area contributed by atoms with Crippen LogP contribution in [0.2, 0.25) is 0 Å². The van der Waals surface area contributed by atoms with E-state index in [4.69, 9.17) is 9.84 Å². The molecule has 1 aromatic rings. The van der Waals surface area contributed by atoms with Crippen LogP contribution in [0.15, 0.2) is 22.7 Å². The third-order valence-electron chi connectivity index (χ3n) is 1.84. The van der Waals surface area contributed by atoms with Crippen LogP contribution < -0.4 is 5.32 Å². The number of anilines is 1. The van der Waals surface area contributed by atoms with Gasteiger partial charge in [0, 0.05) is 11.4 Å². The lowest BCUT2D eigenvalue weighted by molar-refractivity contribution is -0.114. The lowest BCUT2D eigenvalue weighted by Gasteiger charge is -2.09. The molecule has 0 spiro atoms. The van der Waals surface area contributed by atoms with Gasteiger partial charge in [-0.15, -0.1) is 0 Å². The van der Waals surface area contributed by atoms with Gasteiger partial charge in [-0.3, -0.25) is 4.79 Å². The third kappa shape index (κ3) is 4.16. The Morgan fingerprint density at radius 3 is 2.76 bits per heavy atom. The monoisotopic (exact) mass is 301 g/mol. The summed E-state index contributed by atoms with van der Waals surface area (Å²) in [6.07, 6.45) is 0. The Bertz CT molecular complexity index is 433. The zero-order chi connectivity index (χ0) is 12.8. The number of carbonyl (C=O) groups excluding carboxylic acids is 2. The van der Waals surface area contributed by atoms with E-state index < -0.39 is 5.97 Å². The van der Waals surface area contributed by atoms with Gasteiger partial charge in [-0.1, -0.05) is 15.9 Å². The Morgan fingerprint density at radius 2 is 2.18 bits per heavy atom. The normalized spacial score (nSPS) is 9.82. The van der Waals surface area contributed by atoms with Crippen molar-refractivity contribution in [3.63, 3.8) is 0 Å². The van der Waals surface area contributed by atoms with Gasteiger partial charge in [-0.25, -0.2) is 4.79 Å². The molecule has 6 heteroatoms. The minimum Gasteiger partial charge on any atom is -0.460 e. The first kappa shape index (κ1) is 13.7. The molecule has 0 atom stereocenters. The average molecular weight is 302 g/mol. The predicted octanol–water partition coefficient (Wildman–Crippen LogP) is 1.56.